The summed E-state index contributed by atoms with van der Waals surface area (Å²) in [6.07, 6.45) is 5.81. The highest BCUT2D eigenvalue weighted by Crippen LogP contribution is 2.30. The Balaban J connectivity index is 1.76. The molecule has 0 bridgehead atoms. The number of allylic oxidation sites excluding steroid dienone is 1. The molecular weight excluding hydrogens is 360 g/mol. The highest BCUT2D eigenvalue weighted by molar-refractivity contribution is 5.82. The van der Waals surface area contributed by atoms with Crippen LogP contribution < -0.4 is 0 Å². The van der Waals surface area contributed by atoms with Crippen LogP contribution in [0.15, 0.2) is 96.8 Å². The molecule has 4 rings (SSSR count). The van der Waals surface area contributed by atoms with Gasteiger partial charge in [-0.3, -0.25) is 4.98 Å². The summed E-state index contributed by atoms with van der Waals surface area (Å²) < 4.78 is 2.25. The van der Waals surface area contributed by atoms with Crippen LogP contribution in [0.2, 0.25) is 0 Å². The molecule has 0 aliphatic rings. The molecule has 1 atom stereocenters. The van der Waals surface area contributed by atoms with Crippen LogP contribution in [-0.4, -0.2) is 20.6 Å². The lowest BCUT2D eigenvalue weighted by Gasteiger charge is -2.20. The lowest BCUT2D eigenvalue weighted by atomic mass is 10.0. The summed E-state index contributed by atoms with van der Waals surface area (Å²) in [6.45, 7) is 1.84. The lowest BCUT2D eigenvalue weighted by Crippen LogP contribution is -2.12. The third-order valence-electron chi connectivity index (χ3n) is 5.00. The molecule has 144 valence electrons. The van der Waals surface area contributed by atoms with E-state index in [4.69, 9.17) is 5.11 Å². The van der Waals surface area contributed by atoms with E-state index in [1.54, 1.807) is 0 Å². The van der Waals surface area contributed by atoms with Gasteiger partial charge in [-0.25, -0.2) is 4.79 Å². The van der Waals surface area contributed by atoms with Crippen molar-refractivity contribution in [2.45, 2.75) is 19.4 Å². The van der Waals surface area contributed by atoms with Crippen molar-refractivity contribution >= 4 is 16.9 Å². The smallest absolute Gasteiger partial charge is 0.328 e. The van der Waals surface area contributed by atoms with Crippen LogP contribution in [0.3, 0.4) is 0 Å². The Labute approximate surface area is 169 Å². The van der Waals surface area contributed by atoms with E-state index >= 15 is 0 Å². The molecule has 2 aromatic carbocycles. The van der Waals surface area contributed by atoms with Crippen LogP contribution in [-0.2, 0) is 11.2 Å². The normalized spacial score (nSPS) is 12.8. The van der Waals surface area contributed by atoms with Gasteiger partial charge in [0.25, 0.3) is 0 Å². The summed E-state index contributed by atoms with van der Waals surface area (Å²) in [5.74, 6) is -0.907. The molecule has 0 amide bonds. The number of carboxylic acids is 1. The van der Waals surface area contributed by atoms with Crippen molar-refractivity contribution in [2.24, 2.45) is 0 Å². The van der Waals surface area contributed by atoms with Gasteiger partial charge >= 0.3 is 5.97 Å². The Morgan fingerprint density at radius 2 is 1.86 bits per heavy atom. The van der Waals surface area contributed by atoms with Crippen molar-refractivity contribution in [1.82, 2.24) is 9.55 Å². The standard InChI is InChI=1S/C25H22N2O2/c1-18(16-24(28)29)15-19-10-11-23-21(17-19)12-14-27(23)25(20-7-3-2-4-8-20)22-9-5-6-13-26-22/h2-14,16-17,25H,15H2,1H3,(H,28,29). The zero-order valence-corrected chi connectivity index (χ0v) is 16.2. The number of carbonyl (C=O) groups is 1. The number of nitrogens with zero attached hydrogens (tertiary/aromatic N) is 2. The van der Waals surface area contributed by atoms with Gasteiger partial charge in [0.15, 0.2) is 0 Å². The molecule has 4 nitrogen and oxygen atoms in total. The molecule has 1 unspecified atom stereocenters. The van der Waals surface area contributed by atoms with Crippen molar-refractivity contribution in [1.29, 1.82) is 0 Å². The van der Waals surface area contributed by atoms with Crippen molar-refractivity contribution < 1.29 is 9.90 Å². The molecule has 0 fully saturated rings. The van der Waals surface area contributed by atoms with Crippen molar-refractivity contribution in [3.05, 3.63) is 114 Å². The number of hydrogen-bond donors (Lipinski definition) is 1. The summed E-state index contributed by atoms with van der Waals surface area (Å²) in [6, 6.07) is 24.8. The highest BCUT2D eigenvalue weighted by Gasteiger charge is 2.19. The van der Waals surface area contributed by atoms with Gasteiger partial charge in [0.2, 0.25) is 0 Å². The fourth-order valence-corrected chi connectivity index (χ4v) is 3.78. The second kappa shape index (κ2) is 8.15. The number of carboxylic acid groups (broad SMARTS) is 1. The molecule has 0 spiro atoms. The minimum atomic E-state index is -0.907. The predicted molar refractivity (Wildman–Crippen MR) is 115 cm³/mol. The monoisotopic (exact) mass is 382 g/mol. The first-order chi connectivity index (χ1) is 14.1. The second-order valence-electron chi connectivity index (χ2n) is 7.19. The molecular formula is C25H22N2O2. The lowest BCUT2D eigenvalue weighted by molar-refractivity contribution is -0.131. The summed E-state index contributed by atoms with van der Waals surface area (Å²) in [7, 11) is 0. The molecule has 4 heteroatoms. The molecule has 0 saturated carbocycles. The van der Waals surface area contributed by atoms with Gasteiger partial charge < -0.3 is 9.67 Å². The molecule has 0 aliphatic heterocycles. The number of pyridine rings is 1. The SMILES string of the molecule is CC(=CC(=O)O)Cc1ccc2c(ccn2C(c2ccccc2)c2ccccn2)c1. The minimum absolute atomic E-state index is 0.0191. The highest BCUT2D eigenvalue weighted by atomic mass is 16.4. The number of aromatic nitrogens is 2. The van der Waals surface area contributed by atoms with E-state index in [1.807, 2.05) is 43.5 Å². The van der Waals surface area contributed by atoms with E-state index in [2.05, 4.69) is 58.2 Å². The fraction of sp³-hybridized carbons (Fsp3) is 0.120. The molecule has 1 N–H and O–H groups in total. The van der Waals surface area contributed by atoms with E-state index in [0.29, 0.717) is 6.42 Å². The van der Waals surface area contributed by atoms with E-state index < -0.39 is 5.97 Å². The van der Waals surface area contributed by atoms with Crippen LogP contribution in [0.25, 0.3) is 10.9 Å². The molecule has 0 saturated heterocycles. The van der Waals surface area contributed by atoms with Gasteiger partial charge in [-0.1, -0.05) is 48.0 Å². The maximum Gasteiger partial charge on any atom is 0.328 e. The Hall–Kier alpha value is -3.66. The summed E-state index contributed by atoms with van der Waals surface area (Å²) in [5, 5.41) is 10.1. The van der Waals surface area contributed by atoms with Crippen molar-refractivity contribution in [2.75, 3.05) is 0 Å². The third-order valence-corrected chi connectivity index (χ3v) is 5.00. The molecule has 0 aliphatic carbocycles. The number of aliphatic carboxylic acids is 1. The number of fused-ring (bicyclic) bond motifs is 1. The first-order valence-electron chi connectivity index (χ1n) is 9.57. The van der Waals surface area contributed by atoms with Crippen LogP contribution in [0.4, 0.5) is 0 Å². The summed E-state index contributed by atoms with van der Waals surface area (Å²) >= 11 is 0. The summed E-state index contributed by atoms with van der Waals surface area (Å²) in [4.78, 5) is 15.5. The van der Waals surface area contributed by atoms with Crippen LogP contribution in [0.5, 0.6) is 0 Å². The number of hydrogen-bond acceptors (Lipinski definition) is 2. The molecule has 2 heterocycles. The van der Waals surface area contributed by atoms with Gasteiger partial charge in [0.05, 0.1) is 5.69 Å². The van der Waals surface area contributed by atoms with E-state index in [9.17, 15) is 4.79 Å². The van der Waals surface area contributed by atoms with E-state index in [-0.39, 0.29) is 6.04 Å². The topological polar surface area (TPSA) is 55.1 Å². The maximum atomic E-state index is 10.9. The summed E-state index contributed by atoms with van der Waals surface area (Å²) in [5.41, 5.74) is 5.20. The molecule has 4 aromatic rings. The Bertz CT molecular complexity index is 1120. The van der Waals surface area contributed by atoms with E-state index in [1.165, 1.54) is 11.6 Å². The van der Waals surface area contributed by atoms with Gasteiger partial charge in [0, 0.05) is 24.0 Å². The van der Waals surface area contributed by atoms with Gasteiger partial charge in [-0.05, 0) is 60.2 Å². The third kappa shape index (κ3) is 4.11. The number of rotatable bonds is 6. The second-order valence-corrected chi connectivity index (χ2v) is 7.19. The maximum absolute atomic E-state index is 10.9. The molecule has 2 aromatic heterocycles. The van der Waals surface area contributed by atoms with Gasteiger partial charge in [-0.2, -0.15) is 0 Å². The average Bonchev–Trinajstić information content (AvgIpc) is 3.12. The minimum Gasteiger partial charge on any atom is -0.478 e. The van der Waals surface area contributed by atoms with Crippen LogP contribution in [0, 0.1) is 0 Å². The predicted octanol–water partition coefficient (Wildman–Crippen LogP) is 5.25. The molecule has 0 radical (unpaired) electrons. The Morgan fingerprint density at radius 3 is 2.59 bits per heavy atom. The van der Waals surface area contributed by atoms with Crippen molar-refractivity contribution in [3.8, 4) is 0 Å². The largest absolute Gasteiger partial charge is 0.478 e. The Kier molecular flexibility index (Phi) is 5.25. The van der Waals surface area contributed by atoms with Gasteiger partial charge in [-0.15, -0.1) is 0 Å². The fourth-order valence-electron chi connectivity index (χ4n) is 3.78. The van der Waals surface area contributed by atoms with Crippen LogP contribution >= 0.6 is 0 Å². The van der Waals surface area contributed by atoms with Gasteiger partial charge in [0.1, 0.15) is 6.04 Å². The zero-order chi connectivity index (χ0) is 20.2. The quantitative estimate of drug-likeness (QED) is 0.464. The molecule has 29 heavy (non-hydrogen) atoms. The number of benzene rings is 2. The van der Waals surface area contributed by atoms with Crippen molar-refractivity contribution in [3.63, 3.8) is 0 Å². The first kappa shape index (κ1) is 18.7. The van der Waals surface area contributed by atoms with Crippen LogP contribution in [0.1, 0.15) is 29.8 Å². The Morgan fingerprint density at radius 1 is 1.07 bits per heavy atom. The zero-order valence-electron chi connectivity index (χ0n) is 16.2. The average molecular weight is 382 g/mol. The first-order valence-corrected chi connectivity index (χ1v) is 9.57. The van der Waals surface area contributed by atoms with E-state index in [0.717, 1.165) is 27.7 Å².